The summed E-state index contributed by atoms with van der Waals surface area (Å²) >= 11 is 0. The Bertz CT molecular complexity index is 139. The molecule has 0 bridgehead atoms. The summed E-state index contributed by atoms with van der Waals surface area (Å²) in [6, 6.07) is 0. The van der Waals surface area contributed by atoms with Crippen molar-refractivity contribution in [3.05, 3.63) is 0 Å². The molecule has 4 nitrogen and oxygen atoms in total. The molecule has 0 unspecified atom stereocenters. The van der Waals surface area contributed by atoms with Crippen LogP contribution in [0.1, 0.15) is 20.3 Å². The molecule has 58 valence electrons. The van der Waals surface area contributed by atoms with Crippen LogP contribution in [0.15, 0.2) is 5.16 Å². The van der Waals surface area contributed by atoms with Gasteiger partial charge in [0.25, 0.3) is 0 Å². The molecule has 0 saturated heterocycles. The molecule has 4 heteroatoms. The van der Waals surface area contributed by atoms with Crippen molar-refractivity contribution in [1.29, 1.82) is 0 Å². The molecule has 0 aliphatic heterocycles. The number of primary amides is 1. The number of nitrogens with zero attached hydrogens (tertiary/aromatic N) is 1. The summed E-state index contributed by atoms with van der Waals surface area (Å²) in [7, 11) is 0. The van der Waals surface area contributed by atoms with Crippen LogP contribution < -0.4 is 5.73 Å². The van der Waals surface area contributed by atoms with Crippen LogP contribution >= 0.6 is 0 Å². The van der Waals surface area contributed by atoms with Gasteiger partial charge in [0.1, 0.15) is 6.61 Å². The van der Waals surface area contributed by atoms with Gasteiger partial charge in [0.05, 0.1) is 12.1 Å². The Morgan fingerprint density at radius 1 is 1.60 bits per heavy atom. The van der Waals surface area contributed by atoms with Gasteiger partial charge in [-0.3, -0.25) is 4.79 Å². The zero-order chi connectivity index (χ0) is 7.98. The van der Waals surface area contributed by atoms with Crippen LogP contribution in [0.2, 0.25) is 0 Å². The first-order valence-electron chi connectivity index (χ1n) is 3.04. The largest absolute Gasteiger partial charge is 0.395 e. The number of carbonyl (C=O) groups is 1. The van der Waals surface area contributed by atoms with Gasteiger partial charge in [-0.15, -0.1) is 0 Å². The second-order valence-corrected chi connectivity index (χ2v) is 2.09. The molecule has 0 rings (SSSR count). The summed E-state index contributed by atoms with van der Waals surface area (Å²) in [6.07, 6.45) is 0.219. The monoisotopic (exact) mass is 144 g/mol. The van der Waals surface area contributed by atoms with E-state index in [4.69, 9.17) is 10.6 Å². The Labute approximate surface area is 60.0 Å². The molecule has 0 aromatic heterocycles. The lowest BCUT2D eigenvalue weighted by Gasteiger charge is -1.95. The molecule has 2 N–H and O–H groups in total. The van der Waals surface area contributed by atoms with Crippen molar-refractivity contribution >= 4 is 11.6 Å². The van der Waals surface area contributed by atoms with Gasteiger partial charge < -0.3 is 10.6 Å². The average molecular weight is 144 g/mol. The fourth-order valence-electron chi connectivity index (χ4n) is 0.321. The summed E-state index contributed by atoms with van der Waals surface area (Å²) in [5.41, 5.74) is 5.67. The third kappa shape index (κ3) is 6.94. The van der Waals surface area contributed by atoms with Crippen molar-refractivity contribution in [3.63, 3.8) is 0 Å². The van der Waals surface area contributed by atoms with Crippen LogP contribution in [-0.2, 0) is 9.63 Å². The van der Waals surface area contributed by atoms with Gasteiger partial charge in [-0.2, -0.15) is 0 Å². The maximum atomic E-state index is 10.1. The van der Waals surface area contributed by atoms with Crippen LogP contribution in [0.4, 0.5) is 0 Å². The van der Waals surface area contributed by atoms with Crippen molar-refractivity contribution < 1.29 is 9.63 Å². The quantitative estimate of drug-likeness (QED) is 0.350. The molecule has 0 aliphatic carbocycles. The second kappa shape index (κ2) is 4.78. The number of carbonyl (C=O) groups excluding carboxylic acids is 1. The fourth-order valence-corrected chi connectivity index (χ4v) is 0.321. The summed E-state index contributed by atoms with van der Waals surface area (Å²) in [4.78, 5) is 14.8. The van der Waals surface area contributed by atoms with Crippen molar-refractivity contribution in [2.75, 3.05) is 6.61 Å². The average Bonchev–Trinajstić information content (AvgIpc) is 1.79. The van der Waals surface area contributed by atoms with Crippen molar-refractivity contribution in [1.82, 2.24) is 0 Å². The maximum absolute atomic E-state index is 10.1. The lowest BCUT2D eigenvalue weighted by molar-refractivity contribution is -0.119. The highest BCUT2D eigenvalue weighted by Gasteiger charge is 1.91. The topological polar surface area (TPSA) is 64.7 Å². The molecule has 0 spiro atoms. The van der Waals surface area contributed by atoms with Crippen LogP contribution in [0.3, 0.4) is 0 Å². The number of nitrogens with two attached hydrogens (primary N) is 1. The van der Waals surface area contributed by atoms with Gasteiger partial charge in [-0.1, -0.05) is 5.16 Å². The van der Waals surface area contributed by atoms with Gasteiger partial charge >= 0.3 is 0 Å². The molecule has 0 radical (unpaired) electrons. The molecule has 10 heavy (non-hydrogen) atoms. The number of rotatable bonds is 4. The van der Waals surface area contributed by atoms with Crippen molar-refractivity contribution in [2.45, 2.75) is 20.3 Å². The molecule has 1 amide bonds. The summed E-state index contributed by atoms with van der Waals surface area (Å²) < 4.78 is 0. The third-order valence-electron chi connectivity index (χ3n) is 0.687. The number of amides is 1. The minimum absolute atomic E-state index is 0.219. The van der Waals surface area contributed by atoms with Crippen LogP contribution in [-0.4, -0.2) is 18.2 Å². The Kier molecular flexibility index (Phi) is 4.28. The molecule has 0 saturated carbocycles. The highest BCUT2D eigenvalue weighted by molar-refractivity contribution is 5.78. The van der Waals surface area contributed by atoms with Gasteiger partial charge in [-0.05, 0) is 13.8 Å². The normalized spacial score (nSPS) is 8.60. The van der Waals surface area contributed by atoms with E-state index in [2.05, 4.69) is 5.16 Å². The first-order valence-corrected chi connectivity index (χ1v) is 3.04. The first-order chi connectivity index (χ1) is 4.63. The first kappa shape index (κ1) is 8.94. The zero-order valence-electron chi connectivity index (χ0n) is 6.26. The number of hydrogen-bond acceptors (Lipinski definition) is 3. The van der Waals surface area contributed by atoms with Gasteiger partial charge in [-0.25, -0.2) is 0 Å². The molecule has 0 aromatic rings. The van der Waals surface area contributed by atoms with Crippen molar-refractivity contribution in [2.24, 2.45) is 10.9 Å². The molecule has 0 fully saturated rings. The Morgan fingerprint density at radius 3 is 2.60 bits per heavy atom. The zero-order valence-corrected chi connectivity index (χ0v) is 6.26. The van der Waals surface area contributed by atoms with Crippen molar-refractivity contribution in [3.8, 4) is 0 Å². The van der Waals surface area contributed by atoms with E-state index in [1.807, 2.05) is 13.8 Å². The second-order valence-electron chi connectivity index (χ2n) is 2.09. The Morgan fingerprint density at radius 2 is 2.20 bits per heavy atom. The molecular weight excluding hydrogens is 132 g/mol. The highest BCUT2D eigenvalue weighted by atomic mass is 16.6. The third-order valence-corrected chi connectivity index (χ3v) is 0.687. The maximum Gasteiger partial charge on any atom is 0.220 e. The smallest absolute Gasteiger partial charge is 0.220 e. The lowest BCUT2D eigenvalue weighted by atomic mass is 10.4. The van der Waals surface area contributed by atoms with E-state index in [1.54, 1.807) is 0 Å². The van der Waals surface area contributed by atoms with E-state index in [1.165, 1.54) is 0 Å². The van der Waals surface area contributed by atoms with Crippen LogP contribution in [0.25, 0.3) is 0 Å². The molecule has 0 aromatic carbocycles. The summed E-state index contributed by atoms with van der Waals surface area (Å²) in [6.45, 7) is 3.88. The van der Waals surface area contributed by atoms with Gasteiger partial charge in [0.15, 0.2) is 0 Å². The number of oxime groups is 1. The molecule has 0 aliphatic rings. The Balaban J connectivity index is 3.21. The standard InChI is InChI=1S/C6H12N2O2/c1-5(2)8-10-4-3-6(7)9/h3-4H2,1-2H3,(H2,7,9). The van der Waals surface area contributed by atoms with E-state index >= 15 is 0 Å². The summed E-state index contributed by atoms with van der Waals surface area (Å²) in [5.74, 6) is -0.371. The number of hydrogen-bond donors (Lipinski definition) is 1. The predicted octanol–water partition coefficient (Wildman–Crippen LogP) is 0.274. The van der Waals surface area contributed by atoms with Gasteiger partial charge in [0.2, 0.25) is 5.91 Å². The predicted molar refractivity (Wildman–Crippen MR) is 38.5 cm³/mol. The van der Waals surface area contributed by atoms with E-state index in [0.29, 0.717) is 0 Å². The van der Waals surface area contributed by atoms with Gasteiger partial charge in [0, 0.05) is 0 Å². The van der Waals surface area contributed by atoms with Crippen LogP contribution in [0, 0.1) is 0 Å². The molecular formula is C6H12N2O2. The SMILES string of the molecule is CC(C)=NOCCC(N)=O. The minimum atomic E-state index is -0.371. The summed E-state index contributed by atoms with van der Waals surface area (Å²) in [5, 5.41) is 3.61. The Hall–Kier alpha value is -1.06. The minimum Gasteiger partial charge on any atom is -0.395 e. The van der Waals surface area contributed by atoms with Crippen LogP contribution in [0.5, 0.6) is 0 Å². The van der Waals surface area contributed by atoms with E-state index in [9.17, 15) is 4.79 Å². The molecule has 0 heterocycles. The fraction of sp³-hybridized carbons (Fsp3) is 0.667. The molecule has 0 atom stereocenters. The van der Waals surface area contributed by atoms with E-state index in [0.717, 1.165) is 5.71 Å². The van der Waals surface area contributed by atoms with E-state index in [-0.39, 0.29) is 18.9 Å². The lowest BCUT2D eigenvalue weighted by Crippen LogP contribution is -2.12. The highest BCUT2D eigenvalue weighted by Crippen LogP contribution is 1.83. The van der Waals surface area contributed by atoms with E-state index < -0.39 is 0 Å².